The number of halogens is 2. The second-order valence-corrected chi connectivity index (χ2v) is 10.2. The van der Waals surface area contributed by atoms with Gasteiger partial charge < -0.3 is 15.0 Å². The number of para-hydroxylation sites is 2. The lowest BCUT2D eigenvalue weighted by Crippen LogP contribution is -2.23. The molecule has 0 aromatic heterocycles. The van der Waals surface area contributed by atoms with Crippen molar-refractivity contribution in [2.24, 2.45) is 0 Å². The van der Waals surface area contributed by atoms with Gasteiger partial charge in [-0.15, -0.1) is 0 Å². The van der Waals surface area contributed by atoms with Crippen LogP contribution in [-0.4, -0.2) is 34.5 Å². The van der Waals surface area contributed by atoms with E-state index in [1.165, 1.54) is 25.3 Å². The number of ether oxygens (including phenoxy) is 1. The predicted molar refractivity (Wildman–Crippen MR) is 136 cm³/mol. The molecule has 1 amide bonds. The van der Waals surface area contributed by atoms with Crippen LogP contribution < -0.4 is 19.7 Å². The second-order valence-electron chi connectivity index (χ2n) is 7.77. The Morgan fingerprint density at radius 1 is 0.971 bits per heavy atom. The molecule has 0 aliphatic carbocycles. The highest BCUT2D eigenvalue weighted by molar-refractivity contribution is 7.93. The van der Waals surface area contributed by atoms with E-state index < -0.39 is 15.9 Å². The summed E-state index contributed by atoms with van der Waals surface area (Å²) >= 11 is 12.0. The van der Waals surface area contributed by atoms with Gasteiger partial charge in [0.05, 0.1) is 28.5 Å². The molecule has 34 heavy (non-hydrogen) atoms. The second kappa shape index (κ2) is 10.1. The van der Waals surface area contributed by atoms with Gasteiger partial charge in [-0.05, 0) is 61.4 Å². The molecule has 0 atom stereocenters. The van der Waals surface area contributed by atoms with Gasteiger partial charge in [0.2, 0.25) is 0 Å². The average molecular weight is 520 g/mol. The summed E-state index contributed by atoms with van der Waals surface area (Å²) in [5.41, 5.74) is 1.53. The van der Waals surface area contributed by atoms with Crippen LogP contribution in [0.15, 0.2) is 65.6 Å². The summed E-state index contributed by atoms with van der Waals surface area (Å²) in [5, 5.41) is 3.34. The van der Waals surface area contributed by atoms with E-state index in [0.29, 0.717) is 33.4 Å². The molecule has 10 heteroatoms. The van der Waals surface area contributed by atoms with Crippen molar-refractivity contribution in [1.29, 1.82) is 0 Å². The number of anilines is 3. The summed E-state index contributed by atoms with van der Waals surface area (Å²) in [5.74, 6) is -0.0357. The molecule has 1 fully saturated rings. The first-order chi connectivity index (χ1) is 16.3. The third-order valence-corrected chi connectivity index (χ3v) is 7.62. The third-order valence-electron chi connectivity index (χ3n) is 5.49. The fraction of sp³-hybridized carbons (Fsp3) is 0.208. The van der Waals surface area contributed by atoms with E-state index in [4.69, 9.17) is 27.9 Å². The molecule has 0 spiro atoms. The van der Waals surface area contributed by atoms with Gasteiger partial charge in [-0.25, -0.2) is 8.42 Å². The fourth-order valence-corrected chi connectivity index (χ4v) is 5.42. The van der Waals surface area contributed by atoms with Crippen molar-refractivity contribution < 1.29 is 17.9 Å². The van der Waals surface area contributed by atoms with Gasteiger partial charge in [0.1, 0.15) is 10.6 Å². The smallest absolute Gasteiger partial charge is 0.264 e. The molecule has 0 bridgehead atoms. The Morgan fingerprint density at radius 3 is 2.41 bits per heavy atom. The number of amides is 1. The van der Waals surface area contributed by atoms with Gasteiger partial charge >= 0.3 is 0 Å². The molecule has 1 aliphatic rings. The standard InChI is InChI=1S/C24H23Cl2N3O4S/c1-33-22-7-3-2-6-20(22)28-34(31,32)23-15-17(9-11-21(23)29-12-4-5-13-29)27-24(30)16-8-10-18(25)19(26)14-16/h2-3,6-11,14-15,28H,4-5,12-13H2,1H3,(H,27,30). The Bertz CT molecular complexity index is 1330. The van der Waals surface area contributed by atoms with Crippen molar-refractivity contribution in [2.45, 2.75) is 17.7 Å². The normalized spacial score (nSPS) is 13.6. The lowest BCUT2D eigenvalue weighted by Gasteiger charge is -2.23. The largest absolute Gasteiger partial charge is 0.495 e. The van der Waals surface area contributed by atoms with E-state index in [-0.39, 0.29) is 9.92 Å². The Kier molecular flexibility index (Phi) is 7.21. The fourth-order valence-electron chi connectivity index (χ4n) is 3.80. The Balaban J connectivity index is 1.69. The summed E-state index contributed by atoms with van der Waals surface area (Å²) in [7, 11) is -2.54. The lowest BCUT2D eigenvalue weighted by molar-refractivity contribution is 0.102. The Labute approximate surface area is 208 Å². The monoisotopic (exact) mass is 519 g/mol. The molecule has 0 radical (unpaired) electrons. The highest BCUT2D eigenvalue weighted by atomic mass is 35.5. The van der Waals surface area contributed by atoms with E-state index in [1.807, 2.05) is 4.90 Å². The number of rotatable bonds is 7. The molecule has 1 heterocycles. The van der Waals surface area contributed by atoms with Crippen LogP contribution in [0.1, 0.15) is 23.2 Å². The van der Waals surface area contributed by atoms with Crippen LogP contribution in [0.3, 0.4) is 0 Å². The van der Waals surface area contributed by atoms with E-state index in [1.54, 1.807) is 42.5 Å². The van der Waals surface area contributed by atoms with Crippen LogP contribution in [0.25, 0.3) is 0 Å². The van der Waals surface area contributed by atoms with Crippen LogP contribution in [0.2, 0.25) is 10.0 Å². The number of hydrogen-bond donors (Lipinski definition) is 2. The van der Waals surface area contributed by atoms with Gasteiger partial charge in [-0.3, -0.25) is 9.52 Å². The van der Waals surface area contributed by atoms with Crippen molar-refractivity contribution in [3.05, 3.63) is 76.3 Å². The maximum Gasteiger partial charge on any atom is 0.264 e. The minimum Gasteiger partial charge on any atom is -0.495 e. The maximum absolute atomic E-state index is 13.5. The number of methoxy groups -OCH3 is 1. The van der Waals surface area contributed by atoms with Crippen molar-refractivity contribution in [3.63, 3.8) is 0 Å². The van der Waals surface area contributed by atoms with Crippen LogP contribution in [-0.2, 0) is 10.0 Å². The Hall–Kier alpha value is -2.94. The molecule has 3 aromatic carbocycles. The van der Waals surface area contributed by atoms with Crippen molar-refractivity contribution in [1.82, 2.24) is 0 Å². The number of carbonyl (C=O) groups is 1. The molecular weight excluding hydrogens is 497 g/mol. The molecule has 7 nitrogen and oxygen atoms in total. The van der Waals surface area contributed by atoms with Gasteiger partial charge in [0, 0.05) is 24.3 Å². The topological polar surface area (TPSA) is 87.7 Å². The van der Waals surface area contributed by atoms with Gasteiger partial charge in [-0.2, -0.15) is 0 Å². The molecular formula is C24H23Cl2N3O4S. The average Bonchev–Trinajstić information content (AvgIpc) is 3.36. The number of carbonyl (C=O) groups excluding carboxylic acids is 1. The zero-order valence-electron chi connectivity index (χ0n) is 18.3. The molecule has 4 rings (SSSR count). The third kappa shape index (κ3) is 5.24. The maximum atomic E-state index is 13.5. The molecule has 0 saturated carbocycles. The Morgan fingerprint density at radius 2 is 1.71 bits per heavy atom. The van der Waals surface area contributed by atoms with E-state index in [2.05, 4.69) is 10.0 Å². The summed E-state index contributed by atoms with van der Waals surface area (Å²) in [6.07, 6.45) is 1.96. The van der Waals surface area contributed by atoms with E-state index >= 15 is 0 Å². The molecule has 2 N–H and O–H groups in total. The van der Waals surface area contributed by atoms with Crippen LogP contribution >= 0.6 is 23.2 Å². The number of benzene rings is 3. The van der Waals surface area contributed by atoms with Crippen molar-refractivity contribution in [3.8, 4) is 5.75 Å². The van der Waals surface area contributed by atoms with Gasteiger partial charge in [0.15, 0.2) is 0 Å². The van der Waals surface area contributed by atoms with Gasteiger partial charge in [0.25, 0.3) is 15.9 Å². The molecule has 1 saturated heterocycles. The van der Waals surface area contributed by atoms with Crippen LogP contribution in [0.5, 0.6) is 5.75 Å². The van der Waals surface area contributed by atoms with Crippen molar-refractivity contribution >= 4 is 56.2 Å². The molecule has 0 unspecified atom stereocenters. The predicted octanol–water partition coefficient (Wildman–Crippen LogP) is 5.66. The molecule has 178 valence electrons. The number of hydrogen-bond acceptors (Lipinski definition) is 5. The van der Waals surface area contributed by atoms with E-state index in [9.17, 15) is 13.2 Å². The summed E-state index contributed by atoms with van der Waals surface area (Å²) in [4.78, 5) is 14.8. The number of sulfonamides is 1. The summed E-state index contributed by atoms with van der Waals surface area (Å²) in [6, 6.07) is 16.2. The number of nitrogens with zero attached hydrogens (tertiary/aromatic N) is 1. The summed E-state index contributed by atoms with van der Waals surface area (Å²) in [6.45, 7) is 1.51. The first-order valence-corrected chi connectivity index (χ1v) is 12.8. The quantitative estimate of drug-likeness (QED) is 0.420. The molecule has 3 aromatic rings. The minimum atomic E-state index is -4.01. The van der Waals surface area contributed by atoms with Crippen molar-refractivity contribution in [2.75, 3.05) is 35.1 Å². The lowest BCUT2D eigenvalue weighted by atomic mass is 10.2. The summed E-state index contributed by atoms with van der Waals surface area (Å²) < 4.78 is 34.9. The first kappa shape index (κ1) is 24.2. The minimum absolute atomic E-state index is 0.0623. The van der Waals surface area contributed by atoms with Crippen LogP contribution in [0.4, 0.5) is 17.1 Å². The van der Waals surface area contributed by atoms with Crippen LogP contribution in [0, 0.1) is 0 Å². The SMILES string of the molecule is COc1ccccc1NS(=O)(=O)c1cc(NC(=O)c2ccc(Cl)c(Cl)c2)ccc1N1CCCC1. The number of nitrogens with one attached hydrogen (secondary N) is 2. The van der Waals surface area contributed by atoms with E-state index in [0.717, 1.165) is 25.9 Å². The first-order valence-electron chi connectivity index (χ1n) is 10.6. The highest BCUT2D eigenvalue weighted by Gasteiger charge is 2.26. The molecule has 1 aliphatic heterocycles. The zero-order valence-corrected chi connectivity index (χ0v) is 20.7. The zero-order chi connectivity index (χ0) is 24.3. The highest BCUT2D eigenvalue weighted by Crippen LogP contribution is 2.34. The van der Waals surface area contributed by atoms with Gasteiger partial charge in [-0.1, -0.05) is 35.3 Å².